The van der Waals surface area contributed by atoms with E-state index in [0.717, 1.165) is 18.5 Å². The predicted molar refractivity (Wildman–Crippen MR) is 137 cm³/mol. The Bertz CT molecular complexity index is 1390. The first-order valence-electron chi connectivity index (χ1n) is 12.4. The number of rotatable bonds is 7. The lowest BCUT2D eigenvalue weighted by Gasteiger charge is -2.29. The number of fused-ring (bicyclic) bond motifs is 1. The van der Waals surface area contributed by atoms with Crippen LogP contribution in [0.2, 0.25) is 0 Å². The largest absolute Gasteiger partial charge is 0.481 e. The molecule has 11 nitrogen and oxygen atoms in total. The number of nitrogens with zero attached hydrogens (tertiary/aromatic N) is 2. The molecular weight excluding hydrogens is 498 g/mol. The molecule has 0 atom stereocenters. The van der Waals surface area contributed by atoms with Crippen molar-refractivity contribution in [1.82, 2.24) is 14.9 Å². The number of carboxylic acid groups (broad SMARTS) is 1. The number of aliphatic carboxylic acids is 1. The van der Waals surface area contributed by atoms with Crippen LogP contribution in [0.3, 0.4) is 0 Å². The third kappa shape index (κ3) is 5.79. The molecule has 4 N–H and O–H groups in total. The van der Waals surface area contributed by atoms with E-state index < -0.39 is 22.0 Å². The first-order chi connectivity index (χ1) is 17.8. The number of anilines is 2. The zero-order chi connectivity index (χ0) is 26.0. The van der Waals surface area contributed by atoms with Crippen LogP contribution in [0.15, 0.2) is 47.4 Å². The van der Waals surface area contributed by atoms with Crippen LogP contribution in [-0.2, 0) is 14.9 Å². The molecule has 12 heteroatoms. The van der Waals surface area contributed by atoms with Crippen molar-refractivity contribution in [1.29, 1.82) is 0 Å². The molecule has 0 radical (unpaired) electrons. The van der Waals surface area contributed by atoms with Crippen LogP contribution in [-0.4, -0.2) is 59.5 Å². The Hall–Kier alpha value is -3.80. The van der Waals surface area contributed by atoms with E-state index in [9.17, 15) is 18.0 Å². The van der Waals surface area contributed by atoms with Crippen LogP contribution >= 0.6 is 0 Å². The molecule has 2 aliphatic rings. The van der Waals surface area contributed by atoms with Gasteiger partial charge in [-0.1, -0.05) is 12.8 Å². The third-order valence-electron chi connectivity index (χ3n) is 6.88. The average Bonchev–Trinajstić information content (AvgIpc) is 3.53. The summed E-state index contributed by atoms with van der Waals surface area (Å²) in [7, 11) is -4.04. The standard InChI is InChI=1S/C25H29N5O6S/c31-23(32)16-11-13-30(14-12-16)25(33)29-24-27-21-10-7-19(15-22(21)28-24)36-37(34,35)20-8-5-18(6-9-20)26-17-3-1-2-4-17/h5-10,15-17,26H,1-4,11-14H2,(H,31,32)(H2,27,28,29,33). The highest BCUT2D eigenvalue weighted by Crippen LogP contribution is 2.26. The number of carboxylic acids is 1. The number of amides is 2. The first kappa shape index (κ1) is 24.9. The number of H-pyrrole nitrogens is 1. The van der Waals surface area contributed by atoms with E-state index in [1.165, 1.54) is 37.1 Å². The van der Waals surface area contributed by atoms with Crippen LogP contribution in [0.4, 0.5) is 16.4 Å². The van der Waals surface area contributed by atoms with Gasteiger partial charge in [0.05, 0.1) is 17.0 Å². The van der Waals surface area contributed by atoms with E-state index in [-0.39, 0.29) is 22.6 Å². The molecule has 196 valence electrons. The molecule has 1 saturated carbocycles. The Morgan fingerprint density at radius 1 is 1.03 bits per heavy atom. The van der Waals surface area contributed by atoms with Crippen LogP contribution < -0.4 is 14.8 Å². The van der Waals surface area contributed by atoms with Gasteiger partial charge in [0.25, 0.3) is 0 Å². The molecular formula is C25H29N5O6S. The summed E-state index contributed by atoms with van der Waals surface area (Å²) in [6, 6.07) is 11.2. The fraction of sp³-hybridized carbons (Fsp3) is 0.400. The fourth-order valence-corrected chi connectivity index (χ4v) is 5.73. The summed E-state index contributed by atoms with van der Waals surface area (Å²) in [5.41, 5.74) is 1.89. The number of likely N-dealkylation sites (tertiary alicyclic amines) is 1. The summed E-state index contributed by atoms with van der Waals surface area (Å²) in [5.74, 6) is -0.967. The minimum Gasteiger partial charge on any atom is -0.481 e. The molecule has 5 rings (SSSR count). The van der Waals surface area contributed by atoms with Gasteiger partial charge in [0.1, 0.15) is 10.6 Å². The molecule has 2 aromatic carbocycles. The Morgan fingerprint density at radius 2 is 1.73 bits per heavy atom. The smallest absolute Gasteiger partial charge is 0.339 e. The van der Waals surface area contributed by atoms with Crippen molar-refractivity contribution >= 4 is 44.8 Å². The van der Waals surface area contributed by atoms with Crippen LogP contribution in [0.25, 0.3) is 11.0 Å². The lowest BCUT2D eigenvalue weighted by atomic mass is 9.97. The van der Waals surface area contributed by atoms with Crippen LogP contribution in [0.1, 0.15) is 38.5 Å². The molecule has 2 amide bonds. The van der Waals surface area contributed by atoms with Gasteiger partial charge >= 0.3 is 22.1 Å². The first-order valence-corrected chi connectivity index (χ1v) is 13.8. The van der Waals surface area contributed by atoms with Crippen LogP contribution in [0.5, 0.6) is 5.75 Å². The van der Waals surface area contributed by atoms with Crippen molar-refractivity contribution in [2.24, 2.45) is 5.92 Å². The lowest BCUT2D eigenvalue weighted by Crippen LogP contribution is -2.42. The number of aromatic amines is 1. The summed E-state index contributed by atoms with van der Waals surface area (Å²) >= 11 is 0. The number of hydrogen-bond donors (Lipinski definition) is 4. The van der Waals surface area contributed by atoms with Crippen molar-refractivity contribution in [2.75, 3.05) is 23.7 Å². The molecule has 1 aliphatic heterocycles. The predicted octanol–water partition coefficient (Wildman–Crippen LogP) is 4.01. The Kier molecular flexibility index (Phi) is 6.92. The van der Waals surface area contributed by atoms with Crippen molar-refractivity contribution in [3.8, 4) is 5.75 Å². The molecule has 0 spiro atoms. The van der Waals surface area contributed by atoms with E-state index >= 15 is 0 Å². The molecule has 1 aromatic heterocycles. The monoisotopic (exact) mass is 527 g/mol. The minimum atomic E-state index is -4.04. The van der Waals surface area contributed by atoms with Crippen molar-refractivity contribution in [3.05, 3.63) is 42.5 Å². The van der Waals surface area contributed by atoms with Gasteiger partial charge in [0.15, 0.2) is 0 Å². The highest BCUT2D eigenvalue weighted by molar-refractivity contribution is 7.87. The van der Waals surface area contributed by atoms with Gasteiger partial charge in [-0.2, -0.15) is 8.42 Å². The Balaban J connectivity index is 1.22. The second kappa shape index (κ2) is 10.3. The van der Waals surface area contributed by atoms with E-state index in [2.05, 4.69) is 20.6 Å². The number of urea groups is 1. The summed E-state index contributed by atoms with van der Waals surface area (Å²) in [5, 5.41) is 15.2. The molecule has 37 heavy (non-hydrogen) atoms. The SMILES string of the molecule is O=C(O)C1CCN(C(=O)Nc2nc3ccc(OS(=O)(=O)c4ccc(NC5CCCC5)cc4)cc3[nH]2)CC1. The lowest BCUT2D eigenvalue weighted by molar-refractivity contribution is -0.143. The summed E-state index contributed by atoms with van der Waals surface area (Å²) in [6.45, 7) is 0.687. The van der Waals surface area contributed by atoms with E-state index in [0.29, 0.717) is 43.0 Å². The van der Waals surface area contributed by atoms with Gasteiger partial charge in [0.2, 0.25) is 5.95 Å². The summed E-state index contributed by atoms with van der Waals surface area (Å²) in [4.78, 5) is 32.5. The Labute approximate surface area is 214 Å². The third-order valence-corrected chi connectivity index (χ3v) is 8.15. The zero-order valence-electron chi connectivity index (χ0n) is 20.1. The number of hydrogen-bond acceptors (Lipinski definition) is 7. The van der Waals surface area contributed by atoms with Crippen LogP contribution in [0, 0.1) is 5.92 Å². The van der Waals surface area contributed by atoms with Gasteiger partial charge in [0, 0.05) is 30.9 Å². The van der Waals surface area contributed by atoms with E-state index in [1.54, 1.807) is 23.1 Å². The molecule has 2 heterocycles. The normalized spacial score (nSPS) is 17.1. The van der Waals surface area contributed by atoms with E-state index in [1.807, 2.05) is 0 Å². The number of carbonyl (C=O) groups excluding carboxylic acids is 1. The summed E-state index contributed by atoms with van der Waals surface area (Å²) < 4.78 is 31.0. The average molecular weight is 528 g/mol. The van der Waals surface area contributed by atoms with Gasteiger partial charge < -0.3 is 24.5 Å². The molecule has 0 unspecified atom stereocenters. The molecule has 2 fully saturated rings. The van der Waals surface area contributed by atoms with Gasteiger partial charge in [-0.25, -0.2) is 9.78 Å². The van der Waals surface area contributed by atoms with Gasteiger partial charge in [-0.05, 0) is 62.1 Å². The highest BCUT2D eigenvalue weighted by atomic mass is 32.2. The van der Waals surface area contributed by atoms with Crippen molar-refractivity contribution in [2.45, 2.75) is 49.5 Å². The zero-order valence-corrected chi connectivity index (χ0v) is 21.0. The number of benzene rings is 2. The second-order valence-electron chi connectivity index (χ2n) is 9.48. The molecule has 1 saturated heterocycles. The number of piperidine rings is 1. The van der Waals surface area contributed by atoms with Gasteiger partial charge in [-0.15, -0.1) is 0 Å². The fourth-order valence-electron chi connectivity index (χ4n) is 4.81. The highest BCUT2D eigenvalue weighted by Gasteiger charge is 2.27. The van der Waals surface area contributed by atoms with Crippen molar-refractivity contribution < 1.29 is 27.3 Å². The maximum atomic E-state index is 12.8. The van der Waals surface area contributed by atoms with E-state index in [4.69, 9.17) is 9.29 Å². The maximum Gasteiger partial charge on any atom is 0.339 e. The quantitative estimate of drug-likeness (QED) is 0.336. The molecule has 1 aliphatic carbocycles. The van der Waals surface area contributed by atoms with Crippen molar-refractivity contribution in [3.63, 3.8) is 0 Å². The topological polar surface area (TPSA) is 154 Å². The summed E-state index contributed by atoms with van der Waals surface area (Å²) in [6.07, 6.45) is 5.46. The maximum absolute atomic E-state index is 12.8. The molecule has 0 bridgehead atoms. The minimum absolute atomic E-state index is 0.0498. The Morgan fingerprint density at radius 3 is 2.41 bits per heavy atom. The number of imidazole rings is 1. The number of carbonyl (C=O) groups is 2. The second-order valence-corrected chi connectivity index (χ2v) is 11.0. The van der Waals surface area contributed by atoms with Gasteiger partial charge in [-0.3, -0.25) is 10.1 Å². The number of aromatic nitrogens is 2. The number of nitrogens with one attached hydrogen (secondary N) is 3. The molecule has 3 aromatic rings.